The summed E-state index contributed by atoms with van der Waals surface area (Å²) in [6.07, 6.45) is 7.52. The molecule has 1 atom stereocenters. The summed E-state index contributed by atoms with van der Waals surface area (Å²) < 4.78 is 1.89. The first-order valence-electron chi connectivity index (χ1n) is 6.28. The number of nitrogens with one attached hydrogen (secondary N) is 1. The number of carbonyl (C=O) groups excluding carboxylic acids is 1. The molecule has 1 amide bonds. The van der Waals surface area contributed by atoms with Crippen molar-refractivity contribution in [2.45, 2.75) is 38.3 Å². The number of fused-ring (bicyclic) bond motifs is 1. The van der Waals surface area contributed by atoms with Crippen LogP contribution in [-0.4, -0.2) is 17.0 Å². The van der Waals surface area contributed by atoms with Gasteiger partial charge in [-0.2, -0.15) is 5.26 Å². The number of amides is 1. The Morgan fingerprint density at radius 2 is 2.44 bits per heavy atom. The smallest absolute Gasteiger partial charge is 0.239 e. The highest BCUT2D eigenvalue weighted by Crippen LogP contribution is 2.28. The summed E-state index contributed by atoms with van der Waals surface area (Å²) in [5.74, 6) is -0.0637. The summed E-state index contributed by atoms with van der Waals surface area (Å²) in [4.78, 5) is 11.6. The maximum Gasteiger partial charge on any atom is 0.239 e. The van der Waals surface area contributed by atoms with Gasteiger partial charge in [0, 0.05) is 25.0 Å². The van der Waals surface area contributed by atoms with E-state index in [1.54, 1.807) is 0 Å². The lowest BCUT2D eigenvalue weighted by Gasteiger charge is -2.17. The van der Waals surface area contributed by atoms with Gasteiger partial charge in [0.05, 0.1) is 12.5 Å². The Bertz CT molecular complexity index is 472. The van der Waals surface area contributed by atoms with Crippen LogP contribution >= 0.6 is 0 Å². The summed E-state index contributed by atoms with van der Waals surface area (Å²) in [7, 11) is 0. The summed E-state index contributed by atoms with van der Waals surface area (Å²) in [6, 6.07) is 2.10. The van der Waals surface area contributed by atoms with Crippen LogP contribution in [0, 0.1) is 11.3 Å². The Kier molecular flexibility index (Phi) is 4.00. The molecular weight excluding hydrogens is 228 g/mol. The molecule has 1 aromatic rings. The van der Waals surface area contributed by atoms with Crippen molar-refractivity contribution in [1.29, 1.82) is 5.26 Å². The zero-order valence-electron chi connectivity index (χ0n) is 10.4. The van der Waals surface area contributed by atoms with Crippen molar-refractivity contribution in [1.82, 2.24) is 9.88 Å². The van der Waals surface area contributed by atoms with Crippen LogP contribution in [0.25, 0.3) is 0 Å². The van der Waals surface area contributed by atoms with Gasteiger partial charge in [-0.15, -0.1) is 0 Å². The topological polar surface area (TPSA) is 83.8 Å². The number of hydrogen-bond acceptors (Lipinski definition) is 3. The van der Waals surface area contributed by atoms with E-state index in [-0.39, 0.29) is 11.9 Å². The van der Waals surface area contributed by atoms with Crippen LogP contribution in [0.3, 0.4) is 0 Å². The van der Waals surface area contributed by atoms with Crippen molar-refractivity contribution < 1.29 is 4.79 Å². The van der Waals surface area contributed by atoms with Crippen molar-refractivity contribution in [3.05, 3.63) is 23.5 Å². The molecule has 0 fully saturated rings. The van der Waals surface area contributed by atoms with E-state index in [1.165, 1.54) is 11.1 Å². The Morgan fingerprint density at radius 3 is 3.17 bits per heavy atom. The number of hydrogen-bond donors (Lipinski definition) is 2. The van der Waals surface area contributed by atoms with Crippen LogP contribution in [0.15, 0.2) is 12.4 Å². The van der Waals surface area contributed by atoms with Crippen molar-refractivity contribution in [3.63, 3.8) is 0 Å². The summed E-state index contributed by atoms with van der Waals surface area (Å²) in [5.41, 5.74) is 8.47. The number of nitriles is 1. The third-order valence-corrected chi connectivity index (χ3v) is 3.24. The van der Waals surface area contributed by atoms with Gasteiger partial charge >= 0.3 is 0 Å². The van der Waals surface area contributed by atoms with E-state index in [0.29, 0.717) is 19.5 Å². The molecule has 1 unspecified atom stereocenters. The molecule has 0 spiro atoms. The average molecular weight is 246 g/mol. The van der Waals surface area contributed by atoms with Crippen LogP contribution in [0.2, 0.25) is 0 Å². The van der Waals surface area contributed by atoms with Crippen LogP contribution in [0.4, 0.5) is 0 Å². The van der Waals surface area contributed by atoms with Crippen molar-refractivity contribution in [3.8, 4) is 6.07 Å². The fourth-order valence-corrected chi connectivity index (χ4v) is 2.36. The molecule has 1 aliphatic rings. The van der Waals surface area contributed by atoms with E-state index < -0.39 is 0 Å². The van der Waals surface area contributed by atoms with Crippen molar-refractivity contribution in [2.75, 3.05) is 6.54 Å². The molecule has 0 bridgehead atoms. The van der Waals surface area contributed by atoms with Gasteiger partial charge in [0.2, 0.25) is 5.91 Å². The second kappa shape index (κ2) is 5.69. The first-order valence-corrected chi connectivity index (χ1v) is 6.28. The van der Waals surface area contributed by atoms with Gasteiger partial charge in [0.25, 0.3) is 0 Å². The highest BCUT2D eigenvalue weighted by atomic mass is 16.1. The molecule has 0 aliphatic heterocycles. The van der Waals surface area contributed by atoms with E-state index in [4.69, 9.17) is 11.0 Å². The van der Waals surface area contributed by atoms with Gasteiger partial charge in [-0.05, 0) is 30.4 Å². The fourth-order valence-electron chi connectivity index (χ4n) is 2.36. The average Bonchev–Trinajstić information content (AvgIpc) is 2.73. The minimum Gasteiger partial charge on any atom is -0.354 e. The predicted octanol–water partition coefficient (Wildman–Crippen LogP) is 0.854. The molecule has 2 rings (SSSR count). The number of nitrogens with two attached hydrogens (primary N) is 1. The van der Waals surface area contributed by atoms with Crippen molar-refractivity contribution in [2.24, 2.45) is 5.73 Å². The van der Waals surface area contributed by atoms with Gasteiger partial charge in [-0.3, -0.25) is 4.79 Å². The Morgan fingerprint density at radius 1 is 1.61 bits per heavy atom. The molecule has 5 nitrogen and oxygen atoms in total. The molecular formula is C13H18N4O. The molecule has 0 aromatic carbocycles. The van der Waals surface area contributed by atoms with Crippen LogP contribution < -0.4 is 11.1 Å². The normalized spacial score (nSPS) is 17.9. The van der Waals surface area contributed by atoms with Gasteiger partial charge < -0.3 is 15.6 Å². The van der Waals surface area contributed by atoms with Gasteiger partial charge in [-0.25, -0.2) is 0 Å². The van der Waals surface area contributed by atoms with E-state index in [9.17, 15) is 4.79 Å². The number of aromatic nitrogens is 1. The number of carbonyl (C=O) groups is 1. The van der Waals surface area contributed by atoms with E-state index in [2.05, 4.69) is 5.32 Å². The Labute approximate surface area is 107 Å². The Balaban J connectivity index is 1.94. The minimum atomic E-state index is -0.0637. The second-order valence-electron chi connectivity index (χ2n) is 4.67. The second-order valence-corrected chi connectivity index (χ2v) is 4.67. The van der Waals surface area contributed by atoms with E-state index in [1.807, 2.05) is 23.0 Å². The van der Waals surface area contributed by atoms with Crippen molar-refractivity contribution >= 4 is 5.91 Å². The largest absolute Gasteiger partial charge is 0.354 e. The first-order chi connectivity index (χ1) is 8.70. The highest BCUT2D eigenvalue weighted by Gasteiger charge is 2.19. The highest BCUT2D eigenvalue weighted by molar-refractivity contribution is 5.75. The third kappa shape index (κ3) is 2.90. The molecule has 18 heavy (non-hydrogen) atoms. The molecule has 0 radical (unpaired) electrons. The maximum atomic E-state index is 11.6. The van der Waals surface area contributed by atoms with Gasteiger partial charge in [-0.1, -0.05) is 0 Å². The fraction of sp³-hybridized carbons (Fsp3) is 0.538. The molecule has 1 aliphatic carbocycles. The monoisotopic (exact) mass is 246 g/mol. The molecule has 96 valence electrons. The third-order valence-electron chi connectivity index (χ3n) is 3.24. The molecule has 5 heteroatoms. The van der Waals surface area contributed by atoms with E-state index >= 15 is 0 Å². The quantitative estimate of drug-likeness (QED) is 0.773. The zero-order chi connectivity index (χ0) is 13.0. The maximum absolute atomic E-state index is 11.6. The number of nitrogens with zero attached hydrogens (tertiary/aromatic N) is 2. The van der Waals surface area contributed by atoms with Gasteiger partial charge in [0.15, 0.2) is 0 Å². The zero-order valence-corrected chi connectivity index (χ0v) is 10.4. The van der Waals surface area contributed by atoms with Crippen LogP contribution in [0.1, 0.15) is 36.4 Å². The summed E-state index contributed by atoms with van der Waals surface area (Å²) >= 11 is 0. The van der Waals surface area contributed by atoms with Crippen LogP contribution in [0.5, 0.6) is 0 Å². The van der Waals surface area contributed by atoms with Crippen LogP contribution in [-0.2, 0) is 17.8 Å². The molecule has 1 heterocycles. The minimum absolute atomic E-state index is 0.0637. The Hall–Kier alpha value is -1.80. The lowest BCUT2D eigenvalue weighted by atomic mass is 9.92. The first kappa shape index (κ1) is 12.7. The molecule has 0 saturated carbocycles. The number of aryl methyl sites for hydroxylation is 1. The predicted molar refractivity (Wildman–Crippen MR) is 67.5 cm³/mol. The summed E-state index contributed by atoms with van der Waals surface area (Å²) in [6.45, 7) is 0.709. The SMILES string of the molecule is N#CCCNC(=O)Cn1cc2c(c1)C(N)CCC2. The number of rotatable bonds is 4. The molecule has 3 N–H and O–H groups in total. The standard InChI is InChI=1S/C13H18N4O/c14-5-2-6-16-13(18)9-17-7-10-3-1-4-12(15)11(10)8-17/h7-8,12H,1-4,6,9,15H2,(H,16,18). The lowest BCUT2D eigenvalue weighted by Crippen LogP contribution is -2.27. The molecule has 1 aromatic heterocycles. The van der Waals surface area contributed by atoms with E-state index in [0.717, 1.165) is 19.3 Å². The lowest BCUT2D eigenvalue weighted by molar-refractivity contribution is -0.121. The molecule has 0 saturated heterocycles. The van der Waals surface area contributed by atoms with Gasteiger partial charge in [0.1, 0.15) is 6.54 Å². The summed E-state index contributed by atoms with van der Waals surface area (Å²) in [5, 5.41) is 11.1.